The van der Waals surface area contributed by atoms with Gasteiger partial charge in [0.05, 0.1) is 0 Å². The Kier molecular flexibility index (Phi) is 3.98. The first-order chi connectivity index (χ1) is 9.00. The van der Waals surface area contributed by atoms with Gasteiger partial charge in [-0.3, -0.25) is 4.79 Å². The molecule has 0 saturated heterocycles. The van der Waals surface area contributed by atoms with E-state index in [1.807, 2.05) is 18.9 Å². The average Bonchev–Trinajstić information content (AvgIpc) is 2.43. The standard InChI is InChI=1S/C15H23N3O/c1-10-13(16)8-11(9-14(10)17)15(19)18(2)12-6-4-3-5-7-12/h8-9,12H,3-7,16-17H2,1-2H3. The number of rotatable bonds is 2. The quantitative estimate of drug-likeness (QED) is 0.804. The van der Waals surface area contributed by atoms with Crippen LogP contribution in [0.15, 0.2) is 12.1 Å². The first kappa shape index (κ1) is 13.7. The van der Waals surface area contributed by atoms with Crippen LogP contribution < -0.4 is 11.5 Å². The van der Waals surface area contributed by atoms with E-state index in [0.717, 1.165) is 18.4 Å². The molecule has 4 heteroatoms. The van der Waals surface area contributed by atoms with Gasteiger partial charge in [-0.05, 0) is 37.5 Å². The molecular formula is C15H23N3O. The van der Waals surface area contributed by atoms with Crippen LogP contribution in [-0.4, -0.2) is 23.9 Å². The summed E-state index contributed by atoms with van der Waals surface area (Å²) < 4.78 is 0. The van der Waals surface area contributed by atoms with Crippen LogP contribution in [0.4, 0.5) is 11.4 Å². The fourth-order valence-corrected chi connectivity index (χ4v) is 2.72. The molecule has 1 aliphatic rings. The highest BCUT2D eigenvalue weighted by molar-refractivity contribution is 5.96. The number of anilines is 2. The summed E-state index contributed by atoms with van der Waals surface area (Å²) >= 11 is 0. The number of carbonyl (C=O) groups excluding carboxylic acids is 1. The Hall–Kier alpha value is -1.71. The average molecular weight is 261 g/mol. The van der Waals surface area contributed by atoms with E-state index in [-0.39, 0.29) is 5.91 Å². The first-order valence-electron chi connectivity index (χ1n) is 6.93. The van der Waals surface area contributed by atoms with Crippen molar-refractivity contribution in [1.29, 1.82) is 0 Å². The fraction of sp³-hybridized carbons (Fsp3) is 0.533. The van der Waals surface area contributed by atoms with Gasteiger partial charge in [0.25, 0.3) is 5.91 Å². The summed E-state index contributed by atoms with van der Waals surface area (Å²) in [6.45, 7) is 1.86. The highest BCUT2D eigenvalue weighted by Gasteiger charge is 2.23. The molecule has 104 valence electrons. The van der Waals surface area contributed by atoms with Crippen LogP contribution in [-0.2, 0) is 0 Å². The van der Waals surface area contributed by atoms with E-state index >= 15 is 0 Å². The van der Waals surface area contributed by atoms with Gasteiger partial charge < -0.3 is 16.4 Å². The van der Waals surface area contributed by atoms with Crippen LogP contribution in [0.1, 0.15) is 48.0 Å². The molecule has 1 fully saturated rings. The number of hydrogen-bond acceptors (Lipinski definition) is 3. The van der Waals surface area contributed by atoms with Crippen molar-refractivity contribution in [2.45, 2.75) is 45.1 Å². The van der Waals surface area contributed by atoms with Gasteiger partial charge in [0.15, 0.2) is 0 Å². The topological polar surface area (TPSA) is 72.4 Å². The number of carbonyl (C=O) groups is 1. The summed E-state index contributed by atoms with van der Waals surface area (Å²) in [6, 6.07) is 3.81. The molecule has 4 nitrogen and oxygen atoms in total. The zero-order chi connectivity index (χ0) is 14.0. The van der Waals surface area contributed by atoms with Crippen molar-refractivity contribution in [2.75, 3.05) is 18.5 Å². The smallest absolute Gasteiger partial charge is 0.253 e. The van der Waals surface area contributed by atoms with Crippen LogP contribution >= 0.6 is 0 Å². The molecule has 0 spiro atoms. The minimum Gasteiger partial charge on any atom is -0.398 e. The monoisotopic (exact) mass is 261 g/mol. The predicted molar refractivity (Wildman–Crippen MR) is 79.0 cm³/mol. The zero-order valence-corrected chi connectivity index (χ0v) is 11.8. The molecule has 1 amide bonds. The number of nitrogen functional groups attached to an aromatic ring is 2. The summed E-state index contributed by atoms with van der Waals surface area (Å²) in [7, 11) is 1.88. The lowest BCUT2D eigenvalue weighted by molar-refractivity contribution is 0.0696. The number of nitrogens with two attached hydrogens (primary N) is 2. The van der Waals surface area contributed by atoms with E-state index in [1.54, 1.807) is 12.1 Å². The molecule has 0 atom stereocenters. The third-order valence-corrected chi connectivity index (χ3v) is 4.18. The molecule has 0 radical (unpaired) electrons. The van der Waals surface area contributed by atoms with Crippen molar-refractivity contribution >= 4 is 17.3 Å². The van der Waals surface area contributed by atoms with E-state index in [1.165, 1.54) is 19.3 Å². The molecule has 1 saturated carbocycles. The second kappa shape index (κ2) is 5.51. The van der Waals surface area contributed by atoms with Gasteiger partial charge in [-0.1, -0.05) is 19.3 Å². The first-order valence-corrected chi connectivity index (χ1v) is 6.93. The van der Waals surface area contributed by atoms with E-state index in [0.29, 0.717) is 23.0 Å². The predicted octanol–water partition coefficient (Wildman–Crippen LogP) is 2.56. The normalized spacial score (nSPS) is 16.3. The van der Waals surface area contributed by atoms with Crippen LogP contribution in [0.5, 0.6) is 0 Å². The highest BCUT2D eigenvalue weighted by atomic mass is 16.2. The Balaban J connectivity index is 2.18. The van der Waals surface area contributed by atoms with E-state index in [4.69, 9.17) is 11.5 Å². The molecule has 0 unspecified atom stereocenters. The van der Waals surface area contributed by atoms with Crippen molar-refractivity contribution in [3.8, 4) is 0 Å². The molecule has 0 aliphatic heterocycles. The van der Waals surface area contributed by atoms with Crippen molar-refractivity contribution in [3.63, 3.8) is 0 Å². The van der Waals surface area contributed by atoms with Gasteiger partial charge in [0, 0.05) is 30.0 Å². The van der Waals surface area contributed by atoms with Crippen LogP contribution in [0.2, 0.25) is 0 Å². The Morgan fingerprint density at radius 1 is 1.16 bits per heavy atom. The fourth-order valence-electron chi connectivity index (χ4n) is 2.72. The highest BCUT2D eigenvalue weighted by Crippen LogP contribution is 2.25. The lowest BCUT2D eigenvalue weighted by Crippen LogP contribution is -2.38. The molecule has 0 heterocycles. The second-order valence-electron chi connectivity index (χ2n) is 5.49. The van der Waals surface area contributed by atoms with Crippen LogP contribution in [0.25, 0.3) is 0 Å². The Morgan fingerprint density at radius 2 is 1.68 bits per heavy atom. The zero-order valence-electron chi connectivity index (χ0n) is 11.8. The summed E-state index contributed by atoms with van der Waals surface area (Å²) in [6.07, 6.45) is 5.89. The summed E-state index contributed by atoms with van der Waals surface area (Å²) in [5.41, 5.74) is 14.4. The molecule has 1 aromatic carbocycles. The summed E-state index contributed by atoms with van der Waals surface area (Å²) in [5, 5.41) is 0. The van der Waals surface area contributed by atoms with E-state index in [9.17, 15) is 4.79 Å². The molecule has 1 aromatic rings. The Morgan fingerprint density at radius 3 is 2.21 bits per heavy atom. The third kappa shape index (κ3) is 2.83. The lowest BCUT2D eigenvalue weighted by Gasteiger charge is -2.31. The van der Waals surface area contributed by atoms with Gasteiger partial charge in [0.2, 0.25) is 0 Å². The summed E-state index contributed by atoms with van der Waals surface area (Å²) in [5.74, 6) is 0.0188. The Labute approximate surface area is 114 Å². The number of amides is 1. The van der Waals surface area contributed by atoms with Gasteiger partial charge in [-0.2, -0.15) is 0 Å². The van der Waals surface area contributed by atoms with Crippen molar-refractivity contribution in [1.82, 2.24) is 4.90 Å². The molecular weight excluding hydrogens is 238 g/mol. The summed E-state index contributed by atoms with van der Waals surface area (Å²) in [4.78, 5) is 14.3. The largest absolute Gasteiger partial charge is 0.398 e. The van der Waals surface area contributed by atoms with Crippen molar-refractivity contribution in [3.05, 3.63) is 23.3 Å². The Bertz CT molecular complexity index is 455. The molecule has 19 heavy (non-hydrogen) atoms. The lowest BCUT2D eigenvalue weighted by atomic mass is 9.94. The number of benzene rings is 1. The van der Waals surface area contributed by atoms with Gasteiger partial charge in [-0.15, -0.1) is 0 Å². The number of hydrogen-bond donors (Lipinski definition) is 2. The third-order valence-electron chi connectivity index (χ3n) is 4.18. The maximum atomic E-state index is 12.5. The van der Waals surface area contributed by atoms with E-state index < -0.39 is 0 Å². The molecule has 2 rings (SSSR count). The van der Waals surface area contributed by atoms with Crippen LogP contribution in [0.3, 0.4) is 0 Å². The maximum absolute atomic E-state index is 12.5. The molecule has 0 aromatic heterocycles. The number of nitrogens with zero attached hydrogens (tertiary/aromatic N) is 1. The molecule has 1 aliphatic carbocycles. The van der Waals surface area contributed by atoms with Crippen molar-refractivity contribution < 1.29 is 4.79 Å². The molecule has 0 bridgehead atoms. The van der Waals surface area contributed by atoms with Gasteiger partial charge >= 0.3 is 0 Å². The van der Waals surface area contributed by atoms with Gasteiger partial charge in [-0.25, -0.2) is 0 Å². The maximum Gasteiger partial charge on any atom is 0.253 e. The second-order valence-corrected chi connectivity index (χ2v) is 5.49. The van der Waals surface area contributed by atoms with Gasteiger partial charge in [0.1, 0.15) is 0 Å². The SMILES string of the molecule is Cc1c(N)cc(C(=O)N(C)C2CCCCC2)cc1N. The van der Waals surface area contributed by atoms with Crippen LogP contribution in [0, 0.1) is 6.92 Å². The minimum absolute atomic E-state index is 0.0188. The van der Waals surface area contributed by atoms with Crippen molar-refractivity contribution in [2.24, 2.45) is 0 Å². The molecule has 4 N–H and O–H groups in total. The minimum atomic E-state index is 0.0188. The van der Waals surface area contributed by atoms with E-state index in [2.05, 4.69) is 0 Å².